The van der Waals surface area contributed by atoms with Crippen LogP contribution in [0.3, 0.4) is 0 Å². The SMILES string of the molecule is O=C(O)CC[C@@H]1C[C@H]1CC1CC1. The Balaban J connectivity index is 1.57. The summed E-state index contributed by atoms with van der Waals surface area (Å²) in [5.41, 5.74) is 0. The van der Waals surface area contributed by atoms with Crippen LogP contribution in [0, 0.1) is 17.8 Å². The Morgan fingerprint density at radius 2 is 2.08 bits per heavy atom. The van der Waals surface area contributed by atoms with Gasteiger partial charge in [0, 0.05) is 6.42 Å². The molecule has 2 heteroatoms. The molecule has 0 radical (unpaired) electrons. The molecule has 0 spiro atoms. The first-order valence-corrected chi connectivity index (χ1v) is 4.97. The minimum Gasteiger partial charge on any atom is -0.481 e. The second-order valence-electron chi connectivity index (χ2n) is 4.37. The summed E-state index contributed by atoms with van der Waals surface area (Å²) in [6, 6.07) is 0. The molecule has 0 heterocycles. The minimum absolute atomic E-state index is 0.381. The molecule has 2 nitrogen and oxygen atoms in total. The molecule has 12 heavy (non-hydrogen) atoms. The highest BCUT2D eigenvalue weighted by atomic mass is 16.4. The second-order valence-corrected chi connectivity index (χ2v) is 4.37. The van der Waals surface area contributed by atoms with Crippen molar-refractivity contribution in [2.24, 2.45) is 17.8 Å². The zero-order chi connectivity index (χ0) is 8.55. The first kappa shape index (κ1) is 8.09. The number of carboxylic acid groups (broad SMARTS) is 1. The molecule has 0 saturated heterocycles. The fraction of sp³-hybridized carbons (Fsp3) is 0.900. The van der Waals surface area contributed by atoms with Crippen molar-refractivity contribution in [1.29, 1.82) is 0 Å². The molecule has 2 rings (SSSR count). The summed E-state index contributed by atoms with van der Waals surface area (Å²) in [5.74, 6) is 2.05. The number of carboxylic acids is 1. The van der Waals surface area contributed by atoms with E-state index in [0.717, 1.165) is 24.2 Å². The van der Waals surface area contributed by atoms with Crippen molar-refractivity contribution in [3.05, 3.63) is 0 Å². The average Bonchev–Trinajstić information content (AvgIpc) is 2.84. The number of carbonyl (C=O) groups is 1. The van der Waals surface area contributed by atoms with Gasteiger partial charge in [-0.1, -0.05) is 12.8 Å². The highest BCUT2D eigenvalue weighted by Crippen LogP contribution is 2.50. The molecule has 0 unspecified atom stereocenters. The van der Waals surface area contributed by atoms with Crippen LogP contribution in [-0.4, -0.2) is 11.1 Å². The monoisotopic (exact) mass is 168 g/mol. The van der Waals surface area contributed by atoms with Gasteiger partial charge in [0.25, 0.3) is 0 Å². The highest BCUT2D eigenvalue weighted by molar-refractivity contribution is 5.66. The van der Waals surface area contributed by atoms with Gasteiger partial charge in [0.2, 0.25) is 0 Å². The molecule has 2 saturated carbocycles. The Hall–Kier alpha value is -0.530. The molecule has 0 amide bonds. The number of hydrogen-bond acceptors (Lipinski definition) is 1. The van der Waals surface area contributed by atoms with Crippen LogP contribution in [0.1, 0.15) is 38.5 Å². The summed E-state index contributed by atoms with van der Waals surface area (Å²) in [7, 11) is 0. The van der Waals surface area contributed by atoms with Gasteiger partial charge in [-0.05, 0) is 37.0 Å². The largest absolute Gasteiger partial charge is 0.481 e. The van der Waals surface area contributed by atoms with E-state index in [9.17, 15) is 4.79 Å². The maximum absolute atomic E-state index is 10.3. The molecule has 0 aliphatic heterocycles. The number of aliphatic carboxylic acids is 1. The first-order chi connectivity index (χ1) is 5.75. The van der Waals surface area contributed by atoms with Crippen molar-refractivity contribution < 1.29 is 9.90 Å². The van der Waals surface area contributed by atoms with Crippen LogP contribution in [0.25, 0.3) is 0 Å². The lowest BCUT2D eigenvalue weighted by Crippen LogP contribution is -1.95. The maximum atomic E-state index is 10.3. The Morgan fingerprint density at radius 1 is 1.33 bits per heavy atom. The lowest BCUT2D eigenvalue weighted by Gasteiger charge is -1.95. The van der Waals surface area contributed by atoms with Crippen LogP contribution in [0.4, 0.5) is 0 Å². The fourth-order valence-electron chi connectivity index (χ4n) is 2.04. The predicted octanol–water partition coefficient (Wildman–Crippen LogP) is 2.29. The van der Waals surface area contributed by atoms with Crippen LogP contribution in [-0.2, 0) is 4.79 Å². The summed E-state index contributed by atoms with van der Waals surface area (Å²) in [4.78, 5) is 10.3. The molecule has 68 valence electrons. The topological polar surface area (TPSA) is 37.3 Å². The molecule has 1 N–H and O–H groups in total. The van der Waals surface area contributed by atoms with E-state index in [4.69, 9.17) is 5.11 Å². The van der Waals surface area contributed by atoms with E-state index >= 15 is 0 Å². The third-order valence-electron chi connectivity index (χ3n) is 3.13. The van der Waals surface area contributed by atoms with Gasteiger partial charge >= 0.3 is 5.97 Å². The quantitative estimate of drug-likeness (QED) is 0.683. The third kappa shape index (κ3) is 2.23. The number of rotatable bonds is 5. The van der Waals surface area contributed by atoms with Gasteiger partial charge in [-0.2, -0.15) is 0 Å². The zero-order valence-electron chi connectivity index (χ0n) is 7.33. The Bertz CT molecular complexity index is 184. The van der Waals surface area contributed by atoms with Crippen molar-refractivity contribution in [1.82, 2.24) is 0 Å². The summed E-state index contributed by atoms with van der Waals surface area (Å²) in [5, 5.41) is 8.47. The van der Waals surface area contributed by atoms with E-state index in [0.29, 0.717) is 6.42 Å². The van der Waals surface area contributed by atoms with Gasteiger partial charge in [-0.25, -0.2) is 0 Å². The standard InChI is InChI=1S/C10H16O2/c11-10(12)4-3-8-6-9(8)5-7-1-2-7/h7-9H,1-6H2,(H,11,12)/t8-,9-/m1/s1. The minimum atomic E-state index is -0.632. The molecule has 2 atom stereocenters. The van der Waals surface area contributed by atoms with Crippen molar-refractivity contribution in [3.63, 3.8) is 0 Å². The van der Waals surface area contributed by atoms with Crippen molar-refractivity contribution in [2.45, 2.75) is 38.5 Å². The lowest BCUT2D eigenvalue weighted by atomic mass is 10.1. The summed E-state index contributed by atoms with van der Waals surface area (Å²) >= 11 is 0. The third-order valence-corrected chi connectivity index (χ3v) is 3.13. The van der Waals surface area contributed by atoms with Gasteiger partial charge in [0.05, 0.1) is 0 Å². The Morgan fingerprint density at radius 3 is 2.67 bits per heavy atom. The van der Waals surface area contributed by atoms with E-state index in [-0.39, 0.29) is 0 Å². The molecular weight excluding hydrogens is 152 g/mol. The lowest BCUT2D eigenvalue weighted by molar-refractivity contribution is -0.137. The van der Waals surface area contributed by atoms with Gasteiger partial charge in [-0.15, -0.1) is 0 Å². The summed E-state index contributed by atoms with van der Waals surface area (Å²) in [6.07, 6.45) is 6.87. The molecule has 2 aliphatic carbocycles. The van der Waals surface area contributed by atoms with Crippen LogP contribution >= 0.6 is 0 Å². The molecule has 0 aromatic carbocycles. The van der Waals surface area contributed by atoms with E-state index in [1.54, 1.807) is 0 Å². The van der Waals surface area contributed by atoms with Gasteiger partial charge in [0.1, 0.15) is 0 Å². The molecule has 2 aliphatic rings. The summed E-state index contributed by atoms with van der Waals surface area (Å²) < 4.78 is 0. The maximum Gasteiger partial charge on any atom is 0.303 e. The van der Waals surface area contributed by atoms with Gasteiger partial charge in [-0.3, -0.25) is 4.79 Å². The predicted molar refractivity (Wildman–Crippen MR) is 45.8 cm³/mol. The second kappa shape index (κ2) is 3.08. The molecule has 0 bridgehead atoms. The first-order valence-electron chi connectivity index (χ1n) is 4.97. The van der Waals surface area contributed by atoms with Crippen molar-refractivity contribution in [3.8, 4) is 0 Å². The van der Waals surface area contributed by atoms with Crippen LogP contribution < -0.4 is 0 Å². The molecule has 0 aromatic heterocycles. The van der Waals surface area contributed by atoms with E-state index < -0.39 is 5.97 Å². The van der Waals surface area contributed by atoms with Crippen LogP contribution in [0.15, 0.2) is 0 Å². The van der Waals surface area contributed by atoms with Gasteiger partial charge in [0.15, 0.2) is 0 Å². The molecular formula is C10H16O2. The van der Waals surface area contributed by atoms with Crippen LogP contribution in [0.5, 0.6) is 0 Å². The fourth-order valence-corrected chi connectivity index (χ4v) is 2.04. The molecule has 0 aromatic rings. The van der Waals surface area contributed by atoms with E-state index in [2.05, 4.69) is 0 Å². The van der Waals surface area contributed by atoms with Crippen molar-refractivity contribution in [2.75, 3.05) is 0 Å². The highest BCUT2D eigenvalue weighted by Gasteiger charge is 2.40. The van der Waals surface area contributed by atoms with Crippen molar-refractivity contribution >= 4 is 5.97 Å². The Labute approximate surface area is 73.0 Å². The average molecular weight is 168 g/mol. The smallest absolute Gasteiger partial charge is 0.303 e. The zero-order valence-corrected chi connectivity index (χ0v) is 7.33. The van der Waals surface area contributed by atoms with Gasteiger partial charge < -0.3 is 5.11 Å². The van der Waals surface area contributed by atoms with E-state index in [1.165, 1.54) is 25.7 Å². The van der Waals surface area contributed by atoms with E-state index in [1.807, 2.05) is 0 Å². The normalized spacial score (nSPS) is 33.3. The Kier molecular flexibility index (Phi) is 2.07. The summed E-state index contributed by atoms with van der Waals surface area (Å²) in [6.45, 7) is 0. The number of hydrogen-bond donors (Lipinski definition) is 1. The van der Waals surface area contributed by atoms with Crippen LogP contribution in [0.2, 0.25) is 0 Å². The molecule has 2 fully saturated rings.